The van der Waals surface area contributed by atoms with E-state index in [0.29, 0.717) is 25.8 Å². The van der Waals surface area contributed by atoms with E-state index in [0.717, 1.165) is 16.5 Å². The first-order valence-electron chi connectivity index (χ1n) is 12.6. The monoisotopic (exact) mass is 528 g/mol. The van der Waals surface area contributed by atoms with E-state index >= 15 is 0 Å². The minimum absolute atomic E-state index is 0.0978. The van der Waals surface area contributed by atoms with Crippen LogP contribution in [0.15, 0.2) is 35.5 Å². The number of nitrogens with one attached hydrogen (secondary N) is 3. The molecule has 1 saturated heterocycles. The molecule has 0 aliphatic carbocycles. The molecule has 0 radical (unpaired) electrons. The molecule has 0 spiro atoms. The van der Waals surface area contributed by atoms with Crippen molar-refractivity contribution in [1.82, 2.24) is 20.5 Å². The summed E-state index contributed by atoms with van der Waals surface area (Å²) in [5.74, 6) is -2.77. The number of aliphatic carboxylic acids is 1. The predicted octanol–water partition coefficient (Wildman–Crippen LogP) is -0.844. The third-order valence-electron chi connectivity index (χ3n) is 6.53. The number of hydrogen-bond donors (Lipinski definition) is 7. The number of nitrogens with zero attached hydrogens (tertiary/aromatic N) is 2. The van der Waals surface area contributed by atoms with Crippen LogP contribution < -0.4 is 27.8 Å². The van der Waals surface area contributed by atoms with Crippen molar-refractivity contribution in [3.63, 3.8) is 0 Å². The third-order valence-corrected chi connectivity index (χ3v) is 6.53. The number of aromatic amines is 1. The van der Waals surface area contributed by atoms with Crippen molar-refractivity contribution in [3.05, 3.63) is 36.0 Å². The first kappa shape index (κ1) is 28.4. The minimum atomic E-state index is -1.19. The molecule has 3 amide bonds. The van der Waals surface area contributed by atoms with Crippen molar-refractivity contribution >= 4 is 40.6 Å². The zero-order chi connectivity index (χ0) is 27.8. The number of nitrogens with two attached hydrogens (primary N) is 3. The molecule has 4 atom stereocenters. The van der Waals surface area contributed by atoms with Gasteiger partial charge in [0.05, 0.1) is 6.04 Å². The number of likely N-dealkylation sites (tertiary alicyclic amines) is 1. The average Bonchev–Trinajstić information content (AvgIpc) is 3.52. The van der Waals surface area contributed by atoms with E-state index in [1.54, 1.807) is 6.20 Å². The molecule has 13 heteroatoms. The van der Waals surface area contributed by atoms with Gasteiger partial charge in [-0.05, 0) is 44.2 Å². The number of carbonyl (C=O) groups excluding carboxylic acids is 3. The van der Waals surface area contributed by atoms with Crippen molar-refractivity contribution in [2.24, 2.45) is 22.2 Å². The predicted molar refractivity (Wildman–Crippen MR) is 142 cm³/mol. The van der Waals surface area contributed by atoms with Crippen molar-refractivity contribution in [2.75, 3.05) is 13.1 Å². The van der Waals surface area contributed by atoms with Crippen molar-refractivity contribution < 1.29 is 24.3 Å². The van der Waals surface area contributed by atoms with Gasteiger partial charge in [0.1, 0.15) is 18.1 Å². The second kappa shape index (κ2) is 12.9. The third kappa shape index (κ3) is 7.22. The van der Waals surface area contributed by atoms with Crippen LogP contribution in [0, 0.1) is 0 Å². The second-order valence-electron chi connectivity index (χ2n) is 9.45. The number of para-hydroxylation sites is 1. The van der Waals surface area contributed by atoms with Crippen LogP contribution in [-0.2, 0) is 25.6 Å². The summed E-state index contributed by atoms with van der Waals surface area (Å²) >= 11 is 0. The highest BCUT2D eigenvalue weighted by molar-refractivity contribution is 5.95. The maximum absolute atomic E-state index is 13.7. The van der Waals surface area contributed by atoms with Gasteiger partial charge in [-0.15, -0.1) is 0 Å². The van der Waals surface area contributed by atoms with Crippen molar-refractivity contribution in [3.8, 4) is 0 Å². The lowest BCUT2D eigenvalue weighted by Gasteiger charge is -2.30. The highest BCUT2D eigenvalue weighted by Crippen LogP contribution is 2.23. The zero-order valence-electron chi connectivity index (χ0n) is 21.4. The lowest BCUT2D eigenvalue weighted by molar-refractivity contribution is -0.145. The van der Waals surface area contributed by atoms with Gasteiger partial charge in [-0.2, -0.15) is 0 Å². The first-order valence-corrected chi connectivity index (χ1v) is 12.6. The molecule has 1 aromatic carbocycles. The number of carboxylic acids is 1. The lowest BCUT2D eigenvalue weighted by atomic mass is 10.0. The Morgan fingerprint density at radius 2 is 1.92 bits per heavy atom. The summed E-state index contributed by atoms with van der Waals surface area (Å²) in [7, 11) is 0. The number of aromatic nitrogens is 1. The summed E-state index contributed by atoms with van der Waals surface area (Å²) in [5, 5.41) is 15.8. The maximum Gasteiger partial charge on any atom is 0.326 e. The normalized spacial score (nSPS) is 17.4. The fourth-order valence-electron chi connectivity index (χ4n) is 4.56. The molecule has 13 nitrogen and oxygen atoms in total. The largest absolute Gasteiger partial charge is 0.480 e. The number of carboxylic acid groups (broad SMARTS) is 1. The number of aliphatic imine (C=N–C) groups is 1. The molecule has 4 unspecified atom stereocenters. The topological polar surface area (TPSA) is 222 Å². The summed E-state index contributed by atoms with van der Waals surface area (Å²) in [4.78, 5) is 59.4. The summed E-state index contributed by atoms with van der Waals surface area (Å²) in [5.41, 5.74) is 18.0. The van der Waals surface area contributed by atoms with E-state index in [2.05, 4.69) is 20.6 Å². The fraction of sp³-hybridized carbons (Fsp3) is 0.480. The molecule has 2 aromatic rings. The Morgan fingerprint density at radius 3 is 2.61 bits per heavy atom. The van der Waals surface area contributed by atoms with Crippen LogP contribution in [0.2, 0.25) is 0 Å². The Hall–Kier alpha value is -4.13. The smallest absolute Gasteiger partial charge is 0.326 e. The van der Waals surface area contributed by atoms with Gasteiger partial charge < -0.3 is 42.8 Å². The molecule has 1 aromatic heterocycles. The standard InChI is InChI=1S/C25H36N8O5/c1-14(26)21(34)32-19(12-15-13-30-17-7-3-2-6-16(15)17)23(36)33-11-5-9-20(33)22(35)31-18(24(37)38)8-4-10-29-25(27)28/h2-3,6-7,13-14,18-20,30H,4-5,8-12,26H2,1H3,(H,31,35)(H,32,34)(H,37,38)(H4,27,28,29). The molecular formula is C25H36N8O5. The van der Waals surface area contributed by atoms with Gasteiger partial charge in [0.2, 0.25) is 17.7 Å². The van der Waals surface area contributed by atoms with Gasteiger partial charge in [-0.25, -0.2) is 4.79 Å². The molecule has 1 aliphatic heterocycles. The molecule has 2 heterocycles. The van der Waals surface area contributed by atoms with Crippen LogP contribution in [0.5, 0.6) is 0 Å². The van der Waals surface area contributed by atoms with Crippen LogP contribution in [0.25, 0.3) is 10.9 Å². The number of guanidine groups is 1. The molecule has 0 bridgehead atoms. The number of carbonyl (C=O) groups is 4. The van der Waals surface area contributed by atoms with E-state index < -0.39 is 47.9 Å². The average molecular weight is 529 g/mol. The Bertz CT molecular complexity index is 1190. The summed E-state index contributed by atoms with van der Waals surface area (Å²) < 4.78 is 0. The number of rotatable bonds is 12. The van der Waals surface area contributed by atoms with Crippen LogP contribution in [0.1, 0.15) is 38.2 Å². The summed E-state index contributed by atoms with van der Waals surface area (Å²) in [6.07, 6.45) is 3.38. The molecule has 38 heavy (non-hydrogen) atoms. The van der Waals surface area contributed by atoms with E-state index in [1.807, 2.05) is 24.3 Å². The quantitative estimate of drug-likeness (QED) is 0.104. The van der Waals surface area contributed by atoms with E-state index in [-0.39, 0.29) is 25.3 Å². The number of fused-ring (bicyclic) bond motifs is 1. The van der Waals surface area contributed by atoms with Crippen LogP contribution in [-0.4, -0.2) is 81.9 Å². The number of hydrogen-bond acceptors (Lipinski definition) is 6. The Labute approximate surface area is 220 Å². The van der Waals surface area contributed by atoms with E-state index in [1.165, 1.54) is 11.8 Å². The fourth-order valence-corrected chi connectivity index (χ4v) is 4.56. The summed E-state index contributed by atoms with van der Waals surface area (Å²) in [6, 6.07) is 3.79. The van der Waals surface area contributed by atoms with Crippen LogP contribution in [0.3, 0.4) is 0 Å². The van der Waals surface area contributed by atoms with Crippen LogP contribution >= 0.6 is 0 Å². The Kier molecular flexibility index (Phi) is 9.66. The van der Waals surface area contributed by atoms with E-state index in [9.17, 15) is 24.3 Å². The van der Waals surface area contributed by atoms with Gasteiger partial charge in [0.25, 0.3) is 0 Å². The van der Waals surface area contributed by atoms with Gasteiger partial charge in [-0.3, -0.25) is 19.4 Å². The van der Waals surface area contributed by atoms with Gasteiger partial charge in [-0.1, -0.05) is 18.2 Å². The molecule has 3 rings (SSSR count). The summed E-state index contributed by atoms with van der Waals surface area (Å²) in [6.45, 7) is 2.05. The van der Waals surface area contributed by atoms with E-state index in [4.69, 9.17) is 17.2 Å². The van der Waals surface area contributed by atoms with Crippen molar-refractivity contribution in [1.29, 1.82) is 0 Å². The Balaban J connectivity index is 1.75. The van der Waals surface area contributed by atoms with Crippen LogP contribution in [0.4, 0.5) is 0 Å². The van der Waals surface area contributed by atoms with Crippen molar-refractivity contribution in [2.45, 2.75) is 63.2 Å². The maximum atomic E-state index is 13.7. The lowest BCUT2D eigenvalue weighted by Crippen LogP contribution is -2.57. The SMILES string of the molecule is CC(N)C(=O)NC(Cc1c[nH]c2ccccc12)C(=O)N1CCCC1C(=O)NC(CCCN=C(N)N)C(=O)O. The number of benzene rings is 1. The van der Waals surface area contributed by atoms with Gasteiger partial charge in [0.15, 0.2) is 5.96 Å². The number of amides is 3. The molecule has 206 valence electrons. The highest BCUT2D eigenvalue weighted by Gasteiger charge is 2.39. The molecular weight excluding hydrogens is 492 g/mol. The second-order valence-corrected chi connectivity index (χ2v) is 9.45. The molecule has 10 N–H and O–H groups in total. The molecule has 1 fully saturated rings. The minimum Gasteiger partial charge on any atom is -0.480 e. The van der Waals surface area contributed by atoms with Gasteiger partial charge in [0, 0.05) is 36.6 Å². The zero-order valence-corrected chi connectivity index (χ0v) is 21.4. The molecule has 0 saturated carbocycles. The first-order chi connectivity index (χ1) is 18.1. The van der Waals surface area contributed by atoms with Gasteiger partial charge >= 0.3 is 5.97 Å². The highest BCUT2D eigenvalue weighted by atomic mass is 16.4. The molecule has 1 aliphatic rings. The Morgan fingerprint density at radius 1 is 1.18 bits per heavy atom. The number of H-pyrrole nitrogens is 1.